The molecule has 3 aromatic rings. The summed E-state index contributed by atoms with van der Waals surface area (Å²) >= 11 is 0. The first kappa shape index (κ1) is 20.7. The van der Waals surface area contributed by atoms with Crippen LogP contribution in [0.15, 0.2) is 42.5 Å². The highest BCUT2D eigenvalue weighted by molar-refractivity contribution is 5.80. The summed E-state index contributed by atoms with van der Waals surface area (Å²) in [5.41, 5.74) is 2.45. The molecule has 30 heavy (non-hydrogen) atoms. The number of para-hydroxylation sites is 1. The summed E-state index contributed by atoms with van der Waals surface area (Å²) in [4.78, 5) is 4.67. The zero-order chi connectivity index (χ0) is 21.3. The van der Waals surface area contributed by atoms with Gasteiger partial charge in [-0.15, -0.1) is 0 Å². The van der Waals surface area contributed by atoms with E-state index in [9.17, 15) is 4.39 Å². The second-order valence-corrected chi connectivity index (χ2v) is 9.48. The molecule has 1 aromatic heterocycles. The van der Waals surface area contributed by atoms with Gasteiger partial charge in [0.05, 0.1) is 12.1 Å². The van der Waals surface area contributed by atoms with Crippen LogP contribution in [0.3, 0.4) is 0 Å². The first-order chi connectivity index (χ1) is 14.4. The summed E-state index contributed by atoms with van der Waals surface area (Å²) in [7, 11) is 0. The van der Waals surface area contributed by atoms with E-state index in [0.29, 0.717) is 24.0 Å². The highest BCUT2D eigenvalue weighted by Gasteiger charge is 2.34. The van der Waals surface area contributed by atoms with Gasteiger partial charge < -0.3 is 14.6 Å². The van der Waals surface area contributed by atoms with Crippen molar-refractivity contribution in [2.24, 2.45) is 11.3 Å². The number of hydrogen-bond acceptors (Lipinski definition) is 3. The zero-order valence-electron chi connectivity index (χ0n) is 18.4. The minimum Gasteiger partial charge on any atom is -0.494 e. The molecule has 1 fully saturated rings. The van der Waals surface area contributed by atoms with E-state index in [2.05, 4.69) is 42.6 Å². The van der Waals surface area contributed by atoms with Crippen LogP contribution in [0.25, 0.3) is 11.0 Å². The fraction of sp³-hybridized carbons (Fsp3) is 0.480. The van der Waals surface area contributed by atoms with E-state index in [0.717, 1.165) is 36.2 Å². The van der Waals surface area contributed by atoms with Crippen molar-refractivity contribution in [2.75, 3.05) is 11.9 Å². The molecule has 0 amide bonds. The van der Waals surface area contributed by atoms with E-state index in [4.69, 9.17) is 4.74 Å². The molecule has 1 aliphatic carbocycles. The molecule has 4 rings (SSSR count). The van der Waals surface area contributed by atoms with E-state index in [-0.39, 0.29) is 17.3 Å². The Morgan fingerprint density at radius 3 is 2.63 bits per heavy atom. The van der Waals surface area contributed by atoms with Crippen molar-refractivity contribution >= 4 is 22.7 Å². The molecule has 1 heterocycles. The van der Waals surface area contributed by atoms with Crippen molar-refractivity contribution < 1.29 is 9.13 Å². The molecule has 0 radical (unpaired) electrons. The fourth-order valence-electron chi connectivity index (χ4n) is 5.02. The first-order valence-electron chi connectivity index (χ1n) is 11.0. The van der Waals surface area contributed by atoms with Crippen LogP contribution in [0.1, 0.15) is 59.4 Å². The molecule has 0 spiro atoms. The summed E-state index contributed by atoms with van der Waals surface area (Å²) in [5, 5.41) is 3.44. The number of aromatic nitrogens is 2. The fourth-order valence-corrected chi connectivity index (χ4v) is 5.02. The van der Waals surface area contributed by atoms with Crippen LogP contribution in [0.4, 0.5) is 16.0 Å². The van der Waals surface area contributed by atoms with Gasteiger partial charge in [0, 0.05) is 11.7 Å². The Hall–Kier alpha value is -2.56. The molecular formula is C25H32FN3O. The van der Waals surface area contributed by atoms with E-state index in [1.807, 2.05) is 30.3 Å². The lowest BCUT2D eigenvalue weighted by Gasteiger charge is -2.40. The van der Waals surface area contributed by atoms with Gasteiger partial charge >= 0.3 is 0 Å². The lowest BCUT2D eigenvalue weighted by molar-refractivity contribution is 0.140. The van der Waals surface area contributed by atoms with Crippen LogP contribution in [0.2, 0.25) is 0 Å². The SMILES string of the molecule is CCCOc1ccc(Nc2nc3c(F)cccc3n2[C@@H]2C[C@@H](C)CC(C)(C)C2)cc1. The van der Waals surface area contributed by atoms with Crippen molar-refractivity contribution in [3.63, 3.8) is 0 Å². The molecule has 1 N–H and O–H groups in total. The molecule has 0 saturated heterocycles. The molecule has 0 unspecified atom stereocenters. The smallest absolute Gasteiger partial charge is 0.208 e. The quantitative estimate of drug-likeness (QED) is 0.472. The number of ether oxygens (including phenoxy) is 1. The highest BCUT2D eigenvalue weighted by Crippen LogP contribution is 2.46. The normalized spacial score (nSPS) is 21.0. The van der Waals surface area contributed by atoms with E-state index in [1.165, 1.54) is 12.5 Å². The number of nitrogens with zero attached hydrogens (tertiary/aromatic N) is 2. The van der Waals surface area contributed by atoms with Gasteiger partial charge in [-0.05, 0) is 73.4 Å². The van der Waals surface area contributed by atoms with Crippen molar-refractivity contribution in [2.45, 2.75) is 59.4 Å². The maximum absolute atomic E-state index is 14.6. The second kappa shape index (κ2) is 8.29. The van der Waals surface area contributed by atoms with Gasteiger partial charge in [0.25, 0.3) is 0 Å². The molecule has 4 nitrogen and oxygen atoms in total. The number of benzene rings is 2. The number of fused-ring (bicyclic) bond motifs is 1. The minimum atomic E-state index is -0.277. The van der Waals surface area contributed by atoms with Gasteiger partial charge in [-0.1, -0.05) is 33.8 Å². The van der Waals surface area contributed by atoms with Crippen LogP contribution < -0.4 is 10.1 Å². The Balaban J connectivity index is 1.70. The van der Waals surface area contributed by atoms with Crippen LogP contribution in [-0.4, -0.2) is 16.2 Å². The standard InChI is InChI=1S/C25H32FN3O/c1-5-13-30-20-11-9-18(10-12-20)27-24-28-23-21(26)7-6-8-22(23)29(24)19-14-17(2)15-25(3,4)16-19/h6-12,17,19H,5,13-16H2,1-4H3,(H,27,28)/t17-,19-/m1/s1. The average molecular weight is 410 g/mol. The van der Waals surface area contributed by atoms with Crippen LogP contribution in [0.5, 0.6) is 5.75 Å². The average Bonchev–Trinajstić information content (AvgIpc) is 3.05. The third-order valence-corrected chi connectivity index (χ3v) is 5.98. The van der Waals surface area contributed by atoms with Gasteiger partial charge in [-0.3, -0.25) is 0 Å². The molecule has 5 heteroatoms. The summed E-state index contributed by atoms with van der Waals surface area (Å²) in [5.74, 6) is 1.89. The Kier molecular flexibility index (Phi) is 5.72. The maximum Gasteiger partial charge on any atom is 0.208 e. The number of hydrogen-bond donors (Lipinski definition) is 1. The number of halogens is 1. The largest absolute Gasteiger partial charge is 0.494 e. The summed E-state index contributed by atoms with van der Waals surface area (Å²) in [6.45, 7) is 9.77. The number of anilines is 2. The first-order valence-corrected chi connectivity index (χ1v) is 11.0. The van der Waals surface area contributed by atoms with Gasteiger partial charge in [0.15, 0.2) is 5.82 Å². The Bertz CT molecular complexity index is 1010. The van der Waals surface area contributed by atoms with Crippen molar-refractivity contribution in [3.8, 4) is 5.75 Å². The Morgan fingerprint density at radius 2 is 1.93 bits per heavy atom. The summed E-state index contributed by atoms with van der Waals surface area (Å²) in [6.07, 6.45) is 4.32. The molecule has 0 aliphatic heterocycles. The Morgan fingerprint density at radius 1 is 1.17 bits per heavy atom. The van der Waals surface area contributed by atoms with Gasteiger partial charge in [-0.25, -0.2) is 9.37 Å². The van der Waals surface area contributed by atoms with E-state index in [1.54, 1.807) is 6.07 Å². The molecule has 2 atom stereocenters. The van der Waals surface area contributed by atoms with Gasteiger partial charge in [0.1, 0.15) is 11.3 Å². The van der Waals surface area contributed by atoms with Crippen molar-refractivity contribution in [1.29, 1.82) is 0 Å². The molecule has 2 aromatic carbocycles. The van der Waals surface area contributed by atoms with E-state index < -0.39 is 0 Å². The number of rotatable bonds is 6. The van der Waals surface area contributed by atoms with Crippen LogP contribution in [-0.2, 0) is 0 Å². The van der Waals surface area contributed by atoms with Gasteiger partial charge in [0.2, 0.25) is 5.95 Å². The topological polar surface area (TPSA) is 39.1 Å². The molecule has 1 aliphatic rings. The molecule has 0 bridgehead atoms. The summed E-state index contributed by atoms with van der Waals surface area (Å²) in [6, 6.07) is 13.4. The molecule has 160 valence electrons. The van der Waals surface area contributed by atoms with Crippen LogP contribution >= 0.6 is 0 Å². The second-order valence-electron chi connectivity index (χ2n) is 9.48. The lowest BCUT2D eigenvalue weighted by Crippen LogP contribution is -2.29. The monoisotopic (exact) mass is 409 g/mol. The van der Waals surface area contributed by atoms with Crippen LogP contribution in [0, 0.1) is 17.2 Å². The Labute approximate surface area is 178 Å². The third kappa shape index (κ3) is 4.30. The highest BCUT2D eigenvalue weighted by atomic mass is 19.1. The number of nitrogens with one attached hydrogen (secondary N) is 1. The minimum absolute atomic E-state index is 0.252. The maximum atomic E-state index is 14.6. The predicted octanol–water partition coefficient (Wildman–Crippen LogP) is 7.10. The lowest BCUT2D eigenvalue weighted by atomic mass is 9.70. The zero-order valence-corrected chi connectivity index (χ0v) is 18.4. The van der Waals surface area contributed by atoms with Crippen molar-refractivity contribution in [3.05, 3.63) is 48.3 Å². The number of imidazole rings is 1. The summed E-state index contributed by atoms with van der Waals surface area (Å²) < 4.78 is 22.5. The van der Waals surface area contributed by atoms with E-state index >= 15 is 0 Å². The van der Waals surface area contributed by atoms with Gasteiger partial charge in [-0.2, -0.15) is 0 Å². The van der Waals surface area contributed by atoms with Crippen molar-refractivity contribution in [1.82, 2.24) is 9.55 Å². The molecule has 1 saturated carbocycles. The third-order valence-electron chi connectivity index (χ3n) is 5.98. The molecular weight excluding hydrogens is 377 g/mol. The predicted molar refractivity (Wildman–Crippen MR) is 121 cm³/mol.